The molecule has 0 aliphatic rings. The maximum absolute atomic E-state index is 11.5. The highest BCUT2D eigenvalue weighted by atomic mass is 16.1. The summed E-state index contributed by atoms with van der Waals surface area (Å²) in [5.74, 6) is -0.508. The Balaban J connectivity index is 2.30. The minimum Gasteiger partial charge on any atom is -0.365 e. The number of carbonyl (C=O) groups is 1. The number of rotatable bonds is 2. The Kier molecular flexibility index (Phi) is 2.75. The molecule has 5 heteroatoms. The van der Waals surface area contributed by atoms with E-state index in [0.717, 1.165) is 11.3 Å². The third-order valence-electron chi connectivity index (χ3n) is 3.29. The van der Waals surface area contributed by atoms with Gasteiger partial charge in [-0.1, -0.05) is 29.8 Å². The van der Waals surface area contributed by atoms with Crippen LogP contribution in [0.25, 0.3) is 16.9 Å². The molecule has 3 aromatic rings. The van der Waals surface area contributed by atoms with Crippen LogP contribution in [-0.2, 0) is 0 Å². The summed E-state index contributed by atoms with van der Waals surface area (Å²) in [5.41, 5.74) is 9.94. The van der Waals surface area contributed by atoms with Crippen molar-refractivity contribution >= 4 is 11.6 Å². The van der Waals surface area contributed by atoms with Gasteiger partial charge in [0.2, 0.25) is 0 Å². The maximum Gasteiger partial charge on any atom is 0.254 e. The van der Waals surface area contributed by atoms with Gasteiger partial charge in [0.05, 0.1) is 11.4 Å². The zero-order valence-corrected chi connectivity index (χ0v) is 11.3. The van der Waals surface area contributed by atoms with Crippen LogP contribution in [0.3, 0.4) is 0 Å². The van der Waals surface area contributed by atoms with Gasteiger partial charge in [-0.3, -0.25) is 4.79 Å². The minimum atomic E-state index is -0.508. The first-order valence-electron chi connectivity index (χ1n) is 6.29. The molecule has 2 N–H and O–H groups in total. The summed E-state index contributed by atoms with van der Waals surface area (Å²) in [6.07, 6.45) is 1.66. The van der Waals surface area contributed by atoms with Crippen LogP contribution in [0.5, 0.6) is 0 Å². The molecule has 0 unspecified atom stereocenters. The van der Waals surface area contributed by atoms with E-state index in [0.29, 0.717) is 16.9 Å². The lowest BCUT2D eigenvalue weighted by atomic mass is 10.1. The van der Waals surface area contributed by atoms with E-state index in [1.54, 1.807) is 17.6 Å². The number of nitrogens with two attached hydrogens (primary N) is 1. The highest BCUT2D eigenvalue weighted by Crippen LogP contribution is 2.22. The van der Waals surface area contributed by atoms with Crippen LogP contribution in [0, 0.1) is 13.8 Å². The van der Waals surface area contributed by atoms with Crippen molar-refractivity contribution in [3.63, 3.8) is 0 Å². The van der Waals surface area contributed by atoms with E-state index in [1.807, 2.05) is 37.3 Å². The Morgan fingerprint density at radius 3 is 2.50 bits per heavy atom. The molecule has 1 amide bonds. The lowest BCUT2D eigenvalue weighted by molar-refractivity contribution is 0.100. The van der Waals surface area contributed by atoms with Gasteiger partial charge >= 0.3 is 0 Å². The summed E-state index contributed by atoms with van der Waals surface area (Å²) < 4.78 is 1.67. The van der Waals surface area contributed by atoms with Gasteiger partial charge in [-0.2, -0.15) is 5.10 Å². The Hall–Kier alpha value is -2.69. The number of aromatic nitrogens is 3. The van der Waals surface area contributed by atoms with Gasteiger partial charge in [-0.25, -0.2) is 9.50 Å². The summed E-state index contributed by atoms with van der Waals surface area (Å²) in [6, 6.07) is 9.98. The zero-order chi connectivity index (χ0) is 14.3. The van der Waals surface area contributed by atoms with E-state index in [1.165, 1.54) is 5.56 Å². The molecule has 0 aliphatic heterocycles. The lowest BCUT2D eigenvalue weighted by Crippen LogP contribution is -2.12. The zero-order valence-electron chi connectivity index (χ0n) is 11.3. The van der Waals surface area contributed by atoms with Gasteiger partial charge in [0.25, 0.3) is 5.91 Å². The van der Waals surface area contributed by atoms with E-state index < -0.39 is 5.91 Å². The molecule has 1 aromatic carbocycles. The Bertz CT molecular complexity index is 803. The van der Waals surface area contributed by atoms with E-state index >= 15 is 0 Å². The fourth-order valence-corrected chi connectivity index (χ4v) is 2.28. The van der Waals surface area contributed by atoms with E-state index in [9.17, 15) is 4.79 Å². The number of primary amides is 1. The van der Waals surface area contributed by atoms with Crippen LogP contribution in [0.2, 0.25) is 0 Å². The third kappa shape index (κ3) is 1.84. The van der Waals surface area contributed by atoms with Crippen molar-refractivity contribution in [1.29, 1.82) is 0 Å². The number of hydrogen-bond donors (Lipinski definition) is 1. The summed E-state index contributed by atoms with van der Waals surface area (Å²) >= 11 is 0. The molecule has 0 saturated heterocycles. The van der Waals surface area contributed by atoms with Crippen molar-refractivity contribution in [2.45, 2.75) is 13.8 Å². The molecule has 0 radical (unpaired) electrons. The number of fused-ring (bicyclic) bond motifs is 1. The lowest BCUT2D eigenvalue weighted by Gasteiger charge is -2.05. The SMILES string of the molecule is Cc1ccc(-c2ccnc3c(C(N)=O)c(C)nn23)cc1. The smallest absolute Gasteiger partial charge is 0.254 e. The van der Waals surface area contributed by atoms with Gasteiger partial charge in [-0.05, 0) is 19.9 Å². The number of aryl methyl sites for hydroxylation is 2. The first-order chi connectivity index (χ1) is 9.58. The molecule has 100 valence electrons. The maximum atomic E-state index is 11.5. The van der Waals surface area contributed by atoms with Crippen LogP contribution in [0.4, 0.5) is 0 Å². The van der Waals surface area contributed by atoms with E-state index in [2.05, 4.69) is 10.1 Å². The summed E-state index contributed by atoms with van der Waals surface area (Å²) in [6.45, 7) is 3.79. The number of carbonyl (C=O) groups excluding carboxylic acids is 1. The third-order valence-corrected chi connectivity index (χ3v) is 3.29. The average Bonchev–Trinajstić information content (AvgIpc) is 2.75. The van der Waals surface area contributed by atoms with E-state index in [-0.39, 0.29) is 0 Å². The van der Waals surface area contributed by atoms with Gasteiger partial charge in [0.1, 0.15) is 5.56 Å². The second kappa shape index (κ2) is 4.45. The molecule has 0 bridgehead atoms. The number of nitrogens with zero attached hydrogens (tertiary/aromatic N) is 3. The van der Waals surface area contributed by atoms with Crippen LogP contribution in [-0.4, -0.2) is 20.5 Å². The van der Waals surface area contributed by atoms with Crippen molar-refractivity contribution < 1.29 is 4.79 Å². The topological polar surface area (TPSA) is 73.3 Å². The summed E-state index contributed by atoms with van der Waals surface area (Å²) in [7, 11) is 0. The standard InChI is InChI=1S/C15H14N4O/c1-9-3-5-11(6-4-9)12-7-8-17-15-13(14(16)20)10(2)18-19(12)15/h3-8H,1-2H3,(H2,16,20). The van der Waals surface area contributed by atoms with Crippen LogP contribution >= 0.6 is 0 Å². The molecule has 0 fully saturated rings. The first kappa shape index (κ1) is 12.3. The second-order valence-electron chi connectivity index (χ2n) is 4.76. The largest absolute Gasteiger partial charge is 0.365 e. The number of hydrogen-bond acceptors (Lipinski definition) is 3. The number of amides is 1. The fraction of sp³-hybridized carbons (Fsp3) is 0.133. The van der Waals surface area contributed by atoms with Crippen LogP contribution < -0.4 is 5.73 Å². The van der Waals surface area contributed by atoms with Crippen molar-refractivity contribution in [3.05, 3.63) is 53.3 Å². The molecular weight excluding hydrogens is 252 g/mol. The minimum absolute atomic E-state index is 0.374. The first-order valence-corrected chi connectivity index (χ1v) is 6.29. The van der Waals surface area contributed by atoms with E-state index in [4.69, 9.17) is 5.73 Å². The molecule has 0 aliphatic carbocycles. The molecule has 20 heavy (non-hydrogen) atoms. The highest BCUT2D eigenvalue weighted by Gasteiger charge is 2.17. The molecule has 5 nitrogen and oxygen atoms in total. The molecule has 0 spiro atoms. The number of benzene rings is 1. The Labute approximate surface area is 116 Å². The highest BCUT2D eigenvalue weighted by molar-refractivity contribution is 6.00. The van der Waals surface area contributed by atoms with Gasteiger partial charge in [0, 0.05) is 11.8 Å². The molecular formula is C15H14N4O. The van der Waals surface area contributed by atoms with Crippen molar-refractivity contribution in [2.75, 3.05) is 0 Å². The predicted molar refractivity (Wildman–Crippen MR) is 76.4 cm³/mol. The fourth-order valence-electron chi connectivity index (χ4n) is 2.28. The monoisotopic (exact) mass is 266 g/mol. The molecule has 2 heterocycles. The molecule has 0 saturated carbocycles. The normalized spacial score (nSPS) is 10.9. The van der Waals surface area contributed by atoms with Crippen LogP contribution in [0.1, 0.15) is 21.6 Å². The Morgan fingerprint density at radius 1 is 1.15 bits per heavy atom. The molecule has 2 aromatic heterocycles. The predicted octanol–water partition coefficient (Wildman–Crippen LogP) is 2.11. The average molecular weight is 266 g/mol. The van der Waals surface area contributed by atoms with Crippen molar-refractivity contribution in [1.82, 2.24) is 14.6 Å². The van der Waals surface area contributed by atoms with Gasteiger partial charge in [-0.15, -0.1) is 0 Å². The van der Waals surface area contributed by atoms with Crippen molar-refractivity contribution in [3.8, 4) is 11.3 Å². The van der Waals surface area contributed by atoms with Crippen LogP contribution in [0.15, 0.2) is 36.5 Å². The van der Waals surface area contributed by atoms with Gasteiger partial charge < -0.3 is 5.73 Å². The second-order valence-corrected chi connectivity index (χ2v) is 4.76. The molecule has 0 atom stereocenters. The van der Waals surface area contributed by atoms with Crippen molar-refractivity contribution in [2.24, 2.45) is 5.73 Å². The Morgan fingerprint density at radius 2 is 1.85 bits per heavy atom. The quantitative estimate of drug-likeness (QED) is 0.772. The molecule has 3 rings (SSSR count). The van der Waals surface area contributed by atoms with Gasteiger partial charge in [0.15, 0.2) is 5.65 Å². The summed E-state index contributed by atoms with van der Waals surface area (Å²) in [4.78, 5) is 15.7. The summed E-state index contributed by atoms with van der Waals surface area (Å²) in [5, 5.41) is 4.39.